The van der Waals surface area contributed by atoms with E-state index in [0.717, 1.165) is 0 Å². The van der Waals surface area contributed by atoms with Gasteiger partial charge in [0.15, 0.2) is 9.84 Å². The van der Waals surface area contributed by atoms with Gasteiger partial charge in [0.1, 0.15) is 6.04 Å². The lowest BCUT2D eigenvalue weighted by Gasteiger charge is -2.29. The number of carbonyl (C=O) groups excluding carboxylic acids is 2. The van der Waals surface area contributed by atoms with Gasteiger partial charge in [-0.3, -0.25) is 9.59 Å². The molecule has 0 aromatic rings. The Morgan fingerprint density at radius 3 is 2.43 bits per heavy atom. The van der Waals surface area contributed by atoms with Crippen molar-refractivity contribution in [3.63, 3.8) is 0 Å². The second kappa shape index (κ2) is 7.24. The van der Waals surface area contributed by atoms with Crippen LogP contribution in [-0.4, -0.2) is 55.3 Å². The molecule has 1 saturated heterocycles. The van der Waals surface area contributed by atoms with Crippen LogP contribution in [0.5, 0.6) is 0 Å². The summed E-state index contributed by atoms with van der Waals surface area (Å²) < 4.78 is 23.7. The van der Waals surface area contributed by atoms with Gasteiger partial charge in [0.05, 0.1) is 5.75 Å². The lowest BCUT2D eigenvalue weighted by atomic mass is 10.0. The van der Waals surface area contributed by atoms with E-state index in [1.165, 1.54) is 4.90 Å². The Hall–Kier alpha value is -1.11. The summed E-state index contributed by atoms with van der Waals surface area (Å²) in [7, 11) is -3.14. The van der Waals surface area contributed by atoms with Crippen molar-refractivity contribution in [2.75, 3.05) is 18.1 Å². The normalized spacial score (nSPS) is 24.1. The Labute approximate surface area is 127 Å². The fourth-order valence-electron chi connectivity index (χ4n) is 2.50. The Bertz CT molecular complexity index is 487. The Morgan fingerprint density at radius 1 is 1.29 bits per heavy atom. The molecule has 0 radical (unpaired) electrons. The number of rotatable bonds is 6. The minimum absolute atomic E-state index is 0.0264. The maximum atomic E-state index is 12.5. The number of nitrogens with zero attached hydrogens (tertiary/aromatic N) is 1. The van der Waals surface area contributed by atoms with Crippen LogP contribution in [0.3, 0.4) is 0 Å². The second-order valence-corrected chi connectivity index (χ2v) is 8.33. The van der Waals surface area contributed by atoms with Crippen LogP contribution in [-0.2, 0) is 19.4 Å². The number of carbonyl (C=O) groups is 2. The van der Waals surface area contributed by atoms with E-state index in [0.29, 0.717) is 6.42 Å². The molecule has 122 valence electrons. The first-order valence-corrected chi connectivity index (χ1v) is 9.30. The van der Waals surface area contributed by atoms with Gasteiger partial charge >= 0.3 is 0 Å². The highest BCUT2D eigenvalue weighted by molar-refractivity contribution is 7.91. The van der Waals surface area contributed by atoms with E-state index in [1.54, 1.807) is 6.92 Å². The second-order valence-electron chi connectivity index (χ2n) is 6.03. The summed E-state index contributed by atoms with van der Waals surface area (Å²) in [4.78, 5) is 25.9. The molecule has 6 nitrogen and oxygen atoms in total. The average Bonchev–Trinajstić information content (AvgIpc) is 2.44. The standard InChI is InChI=1S/C14H26N2O4S/c1-5-7-21(19,20)8-6-16-11(4)9-12(17)15-13(10(2)3)14(16)18/h10-11,13H,5-9H2,1-4H3,(H,15,17). The fraction of sp³-hybridized carbons (Fsp3) is 0.857. The number of nitrogens with one attached hydrogen (secondary N) is 1. The van der Waals surface area contributed by atoms with Crippen molar-refractivity contribution >= 4 is 21.7 Å². The van der Waals surface area contributed by atoms with E-state index in [-0.39, 0.29) is 48.2 Å². The van der Waals surface area contributed by atoms with Crippen LogP contribution in [0.2, 0.25) is 0 Å². The van der Waals surface area contributed by atoms with Crippen molar-refractivity contribution in [2.45, 2.75) is 52.6 Å². The maximum Gasteiger partial charge on any atom is 0.245 e. The first-order chi connectivity index (χ1) is 9.68. The molecule has 21 heavy (non-hydrogen) atoms. The van der Waals surface area contributed by atoms with Gasteiger partial charge in [0.2, 0.25) is 11.8 Å². The highest BCUT2D eigenvalue weighted by Crippen LogP contribution is 2.16. The molecule has 0 aliphatic carbocycles. The average molecular weight is 318 g/mol. The molecule has 1 rings (SSSR count). The quantitative estimate of drug-likeness (QED) is 0.776. The van der Waals surface area contributed by atoms with Gasteiger partial charge in [-0.05, 0) is 19.3 Å². The van der Waals surface area contributed by atoms with Crippen molar-refractivity contribution < 1.29 is 18.0 Å². The van der Waals surface area contributed by atoms with Crippen molar-refractivity contribution in [3.8, 4) is 0 Å². The first kappa shape index (κ1) is 17.9. The topological polar surface area (TPSA) is 83.6 Å². The van der Waals surface area contributed by atoms with Gasteiger partial charge in [-0.25, -0.2) is 8.42 Å². The number of amides is 2. The van der Waals surface area contributed by atoms with E-state index in [1.807, 2.05) is 20.8 Å². The molecule has 2 amide bonds. The van der Waals surface area contributed by atoms with Gasteiger partial charge < -0.3 is 10.2 Å². The summed E-state index contributed by atoms with van der Waals surface area (Å²) in [6.45, 7) is 7.48. The monoisotopic (exact) mass is 318 g/mol. The summed E-state index contributed by atoms with van der Waals surface area (Å²) >= 11 is 0. The SMILES string of the molecule is CCCS(=O)(=O)CCN1C(=O)C(C(C)C)NC(=O)CC1C. The summed E-state index contributed by atoms with van der Waals surface area (Å²) in [5, 5.41) is 2.73. The molecule has 0 bridgehead atoms. The zero-order chi connectivity index (χ0) is 16.2. The molecule has 0 spiro atoms. The third-order valence-corrected chi connectivity index (χ3v) is 5.54. The predicted molar refractivity (Wildman–Crippen MR) is 81.5 cm³/mol. The summed E-state index contributed by atoms with van der Waals surface area (Å²) in [6, 6.07) is -0.852. The molecule has 0 aromatic carbocycles. The molecule has 2 unspecified atom stereocenters. The van der Waals surface area contributed by atoms with Crippen LogP contribution in [0.25, 0.3) is 0 Å². The molecule has 1 fully saturated rings. The van der Waals surface area contributed by atoms with E-state index >= 15 is 0 Å². The van der Waals surface area contributed by atoms with Crippen molar-refractivity contribution in [2.24, 2.45) is 5.92 Å². The summed E-state index contributed by atoms with van der Waals surface area (Å²) in [6.07, 6.45) is 0.781. The summed E-state index contributed by atoms with van der Waals surface area (Å²) in [5.41, 5.74) is 0. The van der Waals surface area contributed by atoms with Gasteiger partial charge in [-0.1, -0.05) is 20.8 Å². The van der Waals surface area contributed by atoms with Gasteiger partial charge in [0, 0.05) is 24.8 Å². The Balaban J connectivity index is 2.86. The molecular formula is C14H26N2O4S. The summed E-state index contributed by atoms with van der Waals surface area (Å²) in [5.74, 6) is -0.283. The van der Waals surface area contributed by atoms with E-state index < -0.39 is 15.9 Å². The number of sulfone groups is 1. The van der Waals surface area contributed by atoms with E-state index in [2.05, 4.69) is 5.32 Å². The van der Waals surface area contributed by atoms with Crippen LogP contribution in [0.1, 0.15) is 40.5 Å². The molecule has 1 aliphatic heterocycles. The van der Waals surface area contributed by atoms with Crippen LogP contribution >= 0.6 is 0 Å². The first-order valence-electron chi connectivity index (χ1n) is 7.48. The molecule has 2 atom stereocenters. The molecule has 0 saturated carbocycles. The lowest BCUT2D eigenvalue weighted by molar-refractivity contribution is -0.135. The highest BCUT2D eigenvalue weighted by Gasteiger charge is 2.35. The smallest absolute Gasteiger partial charge is 0.245 e. The number of hydrogen-bond acceptors (Lipinski definition) is 4. The van der Waals surface area contributed by atoms with Gasteiger partial charge in [-0.15, -0.1) is 0 Å². The van der Waals surface area contributed by atoms with Crippen molar-refractivity contribution in [3.05, 3.63) is 0 Å². The van der Waals surface area contributed by atoms with Crippen LogP contribution in [0.15, 0.2) is 0 Å². The molecule has 0 aromatic heterocycles. The Morgan fingerprint density at radius 2 is 1.90 bits per heavy atom. The van der Waals surface area contributed by atoms with Gasteiger partial charge in [0.25, 0.3) is 0 Å². The van der Waals surface area contributed by atoms with Crippen molar-refractivity contribution in [1.29, 1.82) is 0 Å². The Kier molecular flexibility index (Phi) is 6.19. The van der Waals surface area contributed by atoms with E-state index in [4.69, 9.17) is 0 Å². The number of hydrogen-bond donors (Lipinski definition) is 1. The highest BCUT2D eigenvalue weighted by atomic mass is 32.2. The van der Waals surface area contributed by atoms with Crippen molar-refractivity contribution in [1.82, 2.24) is 10.2 Å². The lowest BCUT2D eigenvalue weighted by Crippen LogP contribution is -2.50. The van der Waals surface area contributed by atoms with Crippen LogP contribution < -0.4 is 5.32 Å². The molecule has 1 aliphatic rings. The van der Waals surface area contributed by atoms with Crippen LogP contribution in [0, 0.1) is 5.92 Å². The van der Waals surface area contributed by atoms with E-state index in [9.17, 15) is 18.0 Å². The molecule has 1 heterocycles. The predicted octanol–water partition coefficient (Wildman–Crippen LogP) is 0.573. The minimum Gasteiger partial charge on any atom is -0.344 e. The zero-order valence-electron chi connectivity index (χ0n) is 13.3. The largest absolute Gasteiger partial charge is 0.344 e. The minimum atomic E-state index is -3.14. The van der Waals surface area contributed by atoms with Crippen LogP contribution in [0.4, 0.5) is 0 Å². The molecule has 1 N–H and O–H groups in total. The van der Waals surface area contributed by atoms with Gasteiger partial charge in [-0.2, -0.15) is 0 Å². The molecule has 7 heteroatoms. The maximum absolute atomic E-state index is 12.5. The third-order valence-electron chi connectivity index (χ3n) is 3.70. The fourth-order valence-corrected chi connectivity index (χ4v) is 3.80. The zero-order valence-corrected chi connectivity index (χ0v) is 14.1. The molecular weight excluding hydrogens is 292 g/mol. The third kappa shape index (κ3) is 4.98.